The highest BCUT2D eigenvalue weighted by molar-refractivity contribution is 5.84. The Bertz CT molecular complexity index is 402. The van der Waals surface area contributed by atoms with Crippen LogP contribution >= 0.6 is 0 Å². The molecule has 2 nitrogen and oxygen atoms in total. The fourth-order valence-corrected chi connectivity index (χ4v) is 3.11. The second-order valence-corrected chi connectivity index (χ2v) is 5.26. The summed E-state index contributed by atoms with van der Waals surface area (Å²) in [5.41, 5.74) is 2.81. The number of hydrogen-bond acceptors (Lipinski definition) is 2. The summed E-state index contributed by atoms with van der Waals surface area (Å²) in [5.74, 6) is 0.468. The van der Waals surface area contributed by atoms with E-state index >= 15 is 0 Å². The summed E-state index contributed by atoms with van der Waals surface area (Å²) in [6.45, 7) is 1.93. The Morgan fingerprint density at radius 1 is 1.00 bits per heavy atom. The van der Waals surface area contributed by atoms with Gasteiger partial charge in [-0.05, 0) is 24.0 Å². The van der Waals surface area contributed by atoms with Gasteiger partial charge in [-0.2, -0.15) is 0 Å². The number of fused-ring (bicyclic) bond motifs is 1. The lowest BCUT2D eigenvalue weighted by Gasteiger charge is -2.24. The third kappa shape index (κ3) is 2.14. The Labute approximate surface area is 103 Å². The van der Waals surface area contributed by atoms with Crippen LogP contribution in [0.25, 0.3) is 0 Å². The average molecular weight is 229 g/mol. The van der Waals surface area contributed by atoms with Crippen molar-refractivity contribution in [2.45, 2.75) is 51.2 Å². The number of Topliss-reactive ketones (excluding diaryl/α,β-unsaturated/α-hetero) is 1. The van der Waals surface area contributed by atoms with Gasteiger partial charge in [-0.1, -0.05) is 37.1 Å². The molecule has 1 saturated carbocycles. The summed E-state index contributed by atoms with van der Waals surface area (Å²) in [4.78, 5) is 14.5. The Kier molecular flexibility index (Phi) is 2.98. The first-order valence-electron chi connectivity index (χ1n) is 6.68. The molecule has 3 rings (SSSR count). The third-order valence-corrected chi connectivity index (χ3v) is 4.08. The van der Waals surface area contributed by atoms with Gasteiger partial charge in [0.05, 0.1) is 6.04 Å². The van der Waals surface area contributed by atoms with Gasteiger partial charge in [-0.25, -0.2) is 0 Å². The van der Waals surface area contributed by atoms with E-state index in [0.717, 1.165) is 32.4 Å². The number of rotatable bonds is 1. The monoisotopic (exact) mass is 229 g/mol. The van der Waals surface area contributed by atoms with E-state index < -0.39 is 0 Å². The number of benzene rings is 1. The summed E-state index contributed by atoms with van der Waals surface area (Å²) in [7, 11) is 0. The van der Waals surface area contributed by atoms with Crippen LogP contribution in [0.1, 0.15) is 43.2 Å². The van der Waals surface area contributed by atoms with E-state index in [-0.39, 0.29) is 6.04 Å². The van der Waals surface area contributed by atoms with Crippen LogP contribution in [0.5, 0.6) is 0 Å². The lowest BCUT2D eigenvalue weighted by molar-refractivity contribution is -0.124. The molecule has 1 aliphatic heterocycles. The number of carbonyl (C=O) groups excluding carboxylic acids is 1. The highest BCUT2D eigenvalue weighted by atomic mass is 16.1. The maximum absolute atomic E-state index is 12.1. The van der Waals surface area contributed by atoms with Crippen molar-refractivity contribution in [3.63, 3.8) is 0 Å². The summed E-state index contributed by atoms with van der Waals surface area (Å²) in [6, 6.07) is 8.76. The molecule has 1 aromatic rings. The van der Waals surface area contributed by atoms with Gasteiger partial charge in [0, 0.05) is 19.5 Å². The molecule has 1 aromatic carbocycles. The zero-order valence-corrected chi connectivity index (χ0v) is 10.2. The van der Waals surface area contributed by atoms with E-state index in [4.69, 9.17) is 0 Å². The Morgan fingerprint density at radius 3 is 2.41 bits per heavy atom. The summed E-state index contributed by atoms with van der Waals surface area (Å²) >= 11 is 0. The maximum Gasteiger partial charge on any atom is 0.149 e. The van der Waals surface area contributed by atoms with Crippen molar-refractivity contribution in [2.24, 2.45) is 0 Å². The normalized spacial score (nSPS) is 25.6. The fraction of sp³-hybridized carbons (Fsp3) is 0.533. The molecule has 0 radical (unpaired) electrons. The predicted molar refractivity (Wildman–Crippen MR) is 67.6 cm³/mol. The van der Waals surface area contributed by atoms with Crippen LogP contribution < -0.4 is 0 Å². The first kappa shape index (κ1) is 11.0. The standard InChI is InChI=1S/C15H19NO/c17-15-9-3-1-2-8-14(15)16-10-12-6-4-5-7-13(12)11-16/h4-7,14H,1-3,8-11H2. The van der Waals surface area contributed by atoms with Gasteiger partial charge < -0.3 is 0 Å². The molecule has 0 aromatic heterocycles. The molecule has 0 spiro atoms. The molecule has 0 N–H and O–H groups in total. The van der Waals surface area contributed by atoms with Crippen molar-refractivity contribution in [1.29, 1.82) is 0 Å². The molecule has 90 valence electrons. The van der Waals surface area contributed by atoms with Crippen LogP contribution in [0.2, 0.25) is 0 Å². The predicted octanol–water partition coefficient (Wildman–Crippen LogP) is 2.90. The van der Waals surface area contributed by atoms with Crippen molar-refractivity contribution in [3.05, 3.63) is 35.4 Å². The van der Waals surface area contributed by atoms with Gasteiger partial charge in [-0.3, -0.25) is 9.69 Å². The molecule has 0 bridgehead atoms. The molecule has 0 amide bonds. The zero-order chi connectivity index (χ0) is 11.7. The molecule has 0 saturated heterocycles. The first-order chi connectivity index (χ1) is 8.34. The van der Waals surface area contributed by atoms with Crippen LogP contribution in [-0.2, 0) is 17.9 Å². The number of ketones is 1. The fourth-order valence-electron chi connectivity index (χ4n) is 3.11. The molecule has 1 unspecified atom stereocenters. The quantitative estimate of drug-likeness (QED) is 0.690. The Hall–Kier alpha value is -1.15. The van der Waals surface area contributed by atoms with Crippen LogP contribution in [-0.4, -0.2) is 16.7 Å². The van der Waals surface area contributed by atoms with Crippen molar-refractivity contribution in [3.8, 4) is 0 Å². The molecule has 1 heterocycles. The van der Waals surface area contributed by atoms with Crippen molar-refractivity contribution >= 4 is 5.78 Å². The lowest BCUT2D eigenvalue weighted by atomic mass is 10.1. The first-order valence-corrected chi connectivity index (χ1v) is 6.68. The van der Waals surface area contributed by atoms with Gasteiger partial charge in [-0.15, -0.1) is 0 Å². The van der Waals surface area contributed by atoms with E-state index in [1.807, 2.05) is 0 Å². The van der Waals surface area contributed by atoms with Gasteiger partial charge in [0.15, 0.2) is 0 Å². The molecular formula is C15H19NO. The molecular weight excluding hydrogens is 210 g/mol. The highest BCUT2D eigenvalue weighted by Crippen LogP contribution is 2.28. The number of carbonyl (C=O) groups is 1. The minimum Gasteiger partial charge on any atom is -0.298 e. The van der Waals surface area contributed by atoms with E-state index in [1.165, 1.54) is 24.0 Å². The minimum atomic E-state index is 0.185. The summed E-state index contributed by atoms with van der Waals surface area (Å²) in [5, 5.41) is 0. The smallest absolute Gasteiger partial charge is 0.149 e. The summed E-state index contributed by atoms with van der Waals surface area (Å²) < 4.78 is 0. The van der Waals surface area contributed by atoms with Crippen LogP contribution in [0, 0.1) is 0 Å². The lowest BCUT2D eigenvalue weighted by Crippen LogP contribution is -2.36. The van der Waals surface area contributed by atoms with Gasteiger partial charge in [0.25, 0.3) is 0 Å². The number of nitrogens with zero attached hydrogens (tertiary/aromatic N) is 1. The largest absolute Gasteiger partial charge is 0.298 e. The summed E-state index contributed by atoms with van der Waals surface area (Å²) in [6.07, 6.45) is 5.38. The van der Waals surface area contributed by atoms with Gasteiger partial charge >= 0.3 is 0 Å². The van der Waals surface area contributed by atoms with E-state index in [2.05, 4.69) is 29.2 Å². The Balaban J connectivity index is 1.76. The van der Waals surface area contributed by atoms with Crippen LogP contribution in [0.3, 0.4) is 0 Å². The second-order valence-electron chi connectivity index (χ2n) is 5.26. The SMILES string of the molecule is O=C1CCCCCC1N1Cc2ccccc2C1. The van der Waals surface area contributed by atoms with Crippen molar-refractivity contribution < 1.29 is 4.79 Å². The third-order valence-electron chi connectivity index (χ3n) is 4.08. The van der Waals surface area contributed by atoms with Crippen LogP contribution in [0.4, 0.5) is 0 Å². The average Bonchev–Trinajstić information content (AvgIpc) is 2.65. The molecule has 2 heteroatoms. The van der Waals surface area contributed by atoms with E-state index in [1.54, 1.807) is 0 Å². The van der Waals surface area contributed by atoms with Crippen molar-refractivity contribution in [1.82, 2.24) is 4.90 Å². The maximum atomic E-state index is 12.1. The molecule has 1 atom stereocenters. The second kappa shape index (κ2) is 4.61. The number of hydrogen-bond donors (Lipinski definition) is 0. The Morgan fingerprint density at radius 2 is 1.71 bits per heavy atom. The topological polar surface area (TPSA) is 20.3 Å². The molecule has 1 aliphatic carbocycles. The van der Waals surface area contributed by atoms with Gasteiger partial charge in [0.2, 0.25) is 0 Å². The van der Waals surface area contributed by atoms with Crippen LogP contribution in [0.15, 0.2) is 24.3 Å². The zero-order valence-electron chi connectivity index (χ0n) is 10.2. The molecule has 17 heavy (non-hydrogen) atoms. The minimum absolute atomic E-state index is 0.185. The molecule has 2 aliphatic rings. The van der Waals surface area contributed by atoms with E-state index in [0.29, 0.717) is 5.78 Å². The molecule has 1 fully saturated rings. The van der Waals surface area contributed by atoms with Gasteiger partial charge in [0.1, 0.15) is 5.78 Å². The van der Waals surface area contributed by atoms with E-state index in [9.17, 15) is 4.79 Å². The highest BCUT2D eigenvalue weighted by Gasteiger charge is 2.30. The van der Waals surface area contributed by atoms with Crippen molar-refractivity contribution in [2.75, 3.05) is 0 Å².